The fourth-order valence-corrected chi connectivity index (χ4v) is 3.08. The minimum atomic E-state index is -1.01. The first-order valence-corrected chi connectivity index (χ1v) is 8.48. The highest BCUT2D eigenvalue weighted by atomic mass is 19.2. The van der Waals surface area contributed by atoms with Gasteiger partial charge in [-0.15, -0.1) is 0 Å². The molecular formula is C20H20F2N2O2. The Hall–Kier alpha value is -2.76. The van der Waals surface area contributed by atoms with E-state index in [1.54, 1.807) is 4.90 Å². The predicted octanol–water partition coefficient (Wildman–Crippen LogP) is 2.69. The lowest BCUT2D eigenvalue weighted by atomic mass is 10.1. The van der Waals surface area contributed by atoms with Gasteiger partial charge in [-0.05, 0) is 18.6 Å². The number of hydrogen-bond donors (Lipinski definition) is 0. The molecule has 3 rings (SSSR count). The minimum absolute atomic E-state index is 0.00430. The van der Waals surface area contributed by atoms with Crippen molar-refractivity contribution in [3.63, 3.8) is 0 Å². The van der Waals surface area contributed by atoms with Crippen LogP contribution in [-0.4, -0.2) is 41.2 Å². The van der Waals surface area contributed by atoms with Gasteiger partial charge in [0.1, 0.15) is 0 Å². The van der Waals surface area contributed by atoms with Crippen molar-refractivity contribution in [1.29, 1.82) is 0 Å². The highest BCUT2D eigenvalue weighted by molar-refractivity contribution is 5.87. The molecule has 2 aromatic carbocycles. The van der Waals surface area contributed by atoms with Crippen molar-refractivity contribution >= 4 is 11.8 Å². The second-order valence-corrected chi connectivity index (χ2v) is 6.51. The molecule has 0 N–H and O–H groups in total. The predicted molar refractivity (Wildman–Crippen MR) is 93.2 cm³/mol. The summed E-state index contributed by atoms with van der Waals surface area (Å²) in [7, 11) is 0. The minimum Gasteiger partial charge on any atom is -0.335 e. The Morgan fingerprint density at radius 3 is 2.62 bits per heavy atom. The normalized spacial score (nSPS) is 14.7. The summed E-state index contributed by atoms with van der Waals surface area (Å²) in [6.45, 7) is 3.26. The molecule has 1 saturated heterocycles. The third-order valence-corrected chi connectivity index (χ3v) is 4.50. The van der Waals surface area contributed by atoms with Crippen molar-refractivity contribution in [2.75, 3.05) is 19.6 Å². The van der Waals surface area contributed by atoms with Gasteiger partial charge < -0.3 is 9.80 Å². The van der Waals surface area contributed by atoms with Crippen molar-refractivity contribution in [2.24, 2.45) is 0 Å². The van der Waals surface area contributed by atoms with Gasteiger partial charge in [0.15, 0.2) is 11.6 Å². The van der Waals surface area contributed by atoms with Crippen LogP contribution in [0.5, 0.6) is 0 Å². The number of rotatable bonds is 4. The summed E-state index contributed by atoms with van der Waals surface area (Å²) in [5.41, 5.74) is 2.17. The molecule has 0 bridgehead atoms. The molecule has 1 aliphatic rings. The number of amides is 2. The Balaban J connectivity index is 1.60. The summed E-state index contributed by atoms with van der Waals surface area (Å²) in [5, 5.41) is 0. The summed E-state index contributed by atoms with van der Waals surface area (Å²) in [6.07, 6.45) is -0.255. The van der Waals surface area contributed by atoms with Crippen LogP contribution in [0.2, 0.25) is 0 Å². The van der Waals surface area contributed by atoms with E-state index < -0.39 is 11.6 Å². The van der Waals surface area contributed by atoms with E-state index in [0.717, 1.165) is 17.2 Å². The molecule has 4 nitrogen and oxygen atoms in total. The number of halogens is 2. The maximum atomic E-state index is 13.7. The first-order chi connectivity index (χ1) is 12.4. The molecule has 6 heteroatoms. The van der Waals surface area contributed by atoms with E-state index in [-0.39, 0.29) is 30.3 Å². The zero-order valence-corrected chi connectivity index (χ0v) is 14.5. The van der Waals surface area contributed by atoms with Gasteiger partial charge in [-0.25, -0.2) is 8.78 Å². The van der Waals surface area contributed by atoms with Crippen molar-refractivity contribution in [2.45, 2.75) is 19.9 Å². The van der Waals surface area contributed by atoms with Crippen molar-refractivity contribution in [3.05, 3.63) is 70.8 Å². The number of benzene rings is 2. The molecular weight excluding hydrogens is 338 g/mol. The topological polar surface area (TPSA) is 40.6 Å². The summed E-state index contributed by atoms with van der Waals surface area (Å²) in [6, 6.07) is 11.7. The fourth-order valence-electron chi connectivity index (χ4n) is 3.08. The molecule has 0 spiro atoms. The summed E-state index contributed by atoms with van der Waals surface area (Å²) in [4.78, 5) is 27.8. The van der Waals surface area contributed by atoms with E-state index in [9.17, 15) is 18.4 Å². The van der Waals surface area contributed by atoms with E-state index in [2.05, 4.69) is 0 Å². The monoisotopic (exact) mass is 358 g/mol. The lowest BCUT2D eigenvalue weighted by Crippen LogP contribution is -2.52. The standard InChI is InChI=1S/C20H20F2N2O2/c1-14-4-2-5-15(10-14)12-23-8-9-24(13-19(23)26)18(25)11-16-6-3-7-17(21)20(16)22/h2-7,10H,8-9,11-13H2,1H3. The largest absolute Gasteiger partial charge is 0.335 e. The Morgan fingerprint density at radius 2 is 1.88 bits per heavy atom. The number of hydrogen-bond acceptors (Lipinski definition) is 2. The van der Waals surface area contributed by atoms with Crippen LogP contribution in [0.4, 0.5) is 8.78 Å². The average molecular weight is 358 g/mol. The lowest BCUT2D eigenvalue weighted by molar-refractivity contribution is -0.145. The van der Waals surface area contributed by atoms with Crippen LogP contribution >= 0.6 is 0 Å². The average Bonchev–Trinajstić information content (AvgIpc) is 2.60. The maximum absolute atomic E-state index is 13.7. The van der Waals surface area contributed by atoms with E-state index in [1.165, 1.54) is 17.0 Å². The van der Waals surface area contributed by atoms with Gasteiger partial charge in [-0.2, -0.15) is 0 Å². The van der Waals surface area contributed by atoms with Gasteiger partial charge in [0.05, 0.1) is 13.0 Å². The second kappa shape index (κ2) is 7.64. The molecule has 2 amide bonds. The van der Waals surface area contributed by atoms with Gasteiger partial charge in [0.2, 0.25) is 11.8 Å². The zero-order valence-electron chi connectivity index (χ0n) is 14.5. The SMILES string of the molecule is Cc1cccc(CN2CCN(C(=O)Cc3cccc(F)c3F)CC2=O)c1. The molecule has 1 aliphatic heterocycles. The van der Waals surface area contributed by atoms with Gasteiger partial charge >= 0.3 is 0 Å². The lowest BCUT2D eigenvalue weighted by Gasteiger charge is -2.34. The van der Waals surface area contributed by atoms with Gasteiger partial charge in [0, 0.05) is 25.2 Å². The van der Waals surface area contributed by atoms with Crippen LogP contribution in [0, 0.1) is 18.6 Å². The zero-order chi connectivity index (χ0) is 18.7. The molecule has 0 saturated carbocycles. The summed E-state index contributed by atoms with van der Waals surface area (Å²) >= 11 is 0. The Morgan fingerprint density at radius 1 is 1.12 bits per heavy atom. The molecule has 1 heterocycles. The van der Waals surface area contributed by atoms with E-state index >= 15 is 0 Å². The van der Waals surface area contributed by atoms with Crippen molar-refractivity contribution < 1.29 is 18.4 Å². The number of piperazine rings is 1. The van der Waals surface area contributed by atoms with Crippen LogP contribution in [0.15, 0.2) is 42.5 Å². The van der Waals surface area contributed by atoms with Crippen LogP contribution in [-0.2, 0) is 22.6 Å². The van der Waals surface area contributed by atoms with E-state index in [0.29, 0.717) is 19.6 Å². The number of carbonyl (C=O) groups is 2. The molecule has 2 aromatic rings. The molecule has 0 aromatic heterocycles. The fraction of sp³-hybridized carbons (Fsp3) is 0.300. The molecule has 0 unspecified atom stereocenters. The molecule has 136 valence electrons. The van der Waals surface area contributed by atoms with Gasteiger partial charge in [-0.3, -0.25) is 9.59 Å². The van der Waals surface area contributed by atoms with Crippen LogP contribution in [0.25, 0.3) is 0 Å². The molecule has 0 radical (unpaired) electrons. The maximum Gasteiger partial charge on any atom is 0.242 e. The van der Waals surface area contributed by atoms with Crippen molar-refractivity contribution in [3.8, 4) is 0 Å². The highest BCUT2D eigenvalue weighted by Crippen LogP contribution is 2.15. The molecule has 26 heavy (non-hydrogen) atoms. The third kappa shape index (κ3) is 4.07. The quantitative estimate of drug-likeness (QED) is 0.843. The second-order valence-electron chi connectivity index (χ2n) is 6.51. The number of nitrogens with zero attached hydrogens (tertiary/aromatic N) is 2. The highest BCUT2D eigenvalue weighted by Gasteiger charge is 2.27. The summed E-state index contributed by atoms with van der Waals surface area (Å²) in [5.74, 6) is -2.51. The third-order valence-electron chi connectivity index (χ3n) is 4.50. The van der Waals surface area contributed by atoms with Crippen molar-refractivity contribution in [1.82, 2.24) is 9.80 Å². The Bertz CT molecular complexity index is 838. The first-order valence-electron chi connectivity index (χ1n) is 8.48. The van der Waals surface area contributed by atoms with Gasteiger partial charge in [-0.1, -0.05) is 42.0 Å². The number of aryl methyl sites for hydroxylation is 1. The van der Waals surface area contributed by atoms with E-state index in [1.807, 2.05) is 31.2 Å². The van der Waals surface area contributed by atoms with Gasteiger partial charge in [0.25, 0.3) is 0 Å². The Kier molecular flexibility index (Phi) is 5.30. The van der Waals surface area contributed by atoms with Crippen LogP contribution in [0.1, 0.15) is 16.7 Å². The summed E-state index contributed by atoms with van der Waals surface area (Å²) < 4.78 is 27.0. The van der Waals surface area contributed by atoms with E-state index in [4.69, 9.17) is 0 Å². The Labute approximate surface area is 151 Å². The number of carbonyl (C=O) groups excluding carboxylic acids is 2. The molecule has 0 atom stereocenters. The van der Waals surface area contributed by atoms with Crippen LogP contribution in [0.3, 0.4) is 0 Å². The molecule has 0 aliphatic carbocycles. The van der Waals surface area contributed by atoms with Crippen LogP contribution < -0.4 is 0 Å². The molecule has 1 fully saturated rings. The smallest absolute Gasteiger partial charge is 0.242 e. The first kappa shape index (κ1) is 18.0.